The summed E-state index contributed by atoms with van der Waals surface area (Å²) >= 11 is 0. The number of benzene rings is 1. The van der Waals surface area contributed by atoms with Crippen molar-refractivity contribution in [2.24, 2.45) is 0 Å². The highest BCUT2D eigenvalue weighted by Crippen LogP contribution is 2.23. The number of aromatic nitrogens is 3. The average Bonchev–Trinajstić information content (AvgIpc) is 3.24. The van der Waals surface area contributed by atoms with Gasteiger partial charge in [0.05, 0.1) is 10.6 Å². The highest BCUT2D eigenvalue weighted by atomic mass is 32.2. The number of hydrogen-bond donors (Lipinski definition) is 1. The standard InChI is InChI=1S/C17H19N5O2S/c1-13-12-17-18-9-8-16(22(17)19-13)20-25(23,24)15-6-4-14(5-7-15)21-10-2-3-11-21/h4-9,12,20H,2-3,10-11H2,1H3. The zero-order valence-corrected chi connectivity index (χ0v) is 14.7. The van der Waals surface area contributed by atoms with E-state index in [9.17, 15) is 8.42 Å². The molecule has 0 unspecified atom stereocenters. The van der Waals surface area contributed by atoms with Crippen LogP contribution in [0.4, 0.5) is 11.5 Å². The van der Waals surface area contributed by atoms with Crippen molar-refractivity contribution in [3.63, 3.8) is 0 Å². The van der Waals surface area contributed by atoms with Crippen LogP contribution in [0.2, 0.25) is 0 Å². The minimum atomic E-state index is -3.69. The van der Waals surface area contributed by atoms with Crippen molar-refractivity contribution in [1.29, 1.82) is 0 Å². The van der Waals surface area contributed by atoms with Gasteiger partial charge >= 0.3 is 0 Å². The van der Waals surface area contributed by atoms with E-state index in [1.165, 1.54) is 17.4 Å². The Hall–Kier alpha value is -2.61. The molecule has 7 nitrogen and oxygen atoms in total. The molecule has 0 bridgehead atoms. The average molecular weight is 357 g/mol. The number of sulfonamides is 1. The van der Waals surface area contributed by atoms with Gasteiger partial charge in [-0.2, -0.15) is 9.61 Å². The van der Waals surface area contributed by atoms with E-state index in [-0.39, 0.29) is 4.90 Å². The molecule has 0 saturated carbocycles. The van der Waals surface area contributed by atoms with Crippen LogP contribution in [0.5, 0.6) is 0 Å². The first kappa shape index (κ1) is 15.9. The first-order valence-electron chi connectivity index (χ1n) is 8.22. The second-order valence-corrected chi connectivity index (χ2v) is 7.86. The van der Waals surface area contributed by atoms with Crippen LogP contribution >= 0.6 is 0 Å². The molecule has 25 heavy (non-hydrogen) atoms. The van der Waals surface area contributed by atoms with Crippen LogP contribution in [0.3, 0.4) is 0 Å². The van der Waals surface area contributed by atoms with Gasteiger partial charge in [-0.1, -0.05) is 0 Å². The van der Waals surface area contributed by atoms with Crippen molar-refractivity contribution < 1.29 is 8.42 Å². The van der Waals surface area contributed by atoms with Gasteiger partial charge in [-0.05, 0) is 50.1 Å². The summed E-state index contributed by atoms with van der Waals surface area (Å²) in [7, 11) is -3.69. The van der Waals surface area contributed by atoms with Crippen LogP contribution in [0.25, 0.3) is 5.65 Å². The number of anilines is 2. The zero-order valence-electron chi connectivity index (χ0n) is 13.9. The molecule has 3 heterocycles. The van der Waals surface area contributed by atoms with Gasteiger partial charge in [-0.25, -0.2) is 13.4 Å². The van der Waals surface area contributed by atoms with Gasteiger partial charge in [0.15, 0.2) is 5.65 Å². The van der Waals surface area contributed by atoms with Crippen molar-refractivity contribution in [3.05, 3.63) is 48.3 Å². The molecule has 1 aliphatic rings. The van der Waals surface area contributed by atoms with Gasteiger partial charge in [0.25, 0.3) is 10.0 Å². The van der Waals surface area contributed by atoms with E-state index < -0.39 is 10.0 Å². The third-order valence-corrected chi connectivity index (χ3v) is 5.71. The molecule has 1 N–H and O–H groups in total. The Morgan fingerprint density at radius 1 is 1.08 bits per heavy atom. The summed E-state index contributed by atoms with van der Waals surface area (Å²) in [4.78, 5) is 6.67. The minimum Gasteiger partial charge on any atom is -0.372 e. The predicted molar refractivity (Wildman–Crippen MR) is 96.4 cm³/mol. The molecule has 0 amide bonds. The third-order valence-electron chi connectivity index (χ3n) is 4.34. The first-order valence-corrected chi connectivity index (χ1v) is 9.70. The molecule has 0 atom stereocenters. The van der Waals surface area contributed by atoms with Crippen molar-refractivity contribution in [2.45, 2.75) is 24.7 Å². The van der Waals surface area contributed by atoms with E-state index in [4.69, 9.17) is 0 Å². The van der Waals surface area contributed by atoms with E-state index in [2.05, 4.69) is 19.7 Å². The van der Waals surface area contributed by atoms with Crippen LogP contribution in [-0.4, -0.2) is 36.1 Å². The summed E-state index contributed by atoms with van der Waals surface area (Å²) < 4.78 is 29.5. The second kappa shape index (κ2) is 6.03. The lowest BCUT2D eigenvalue weighted by molar-refractivity contribution is 0.600. The highest BCUT2D eigenvalue weighted by Gasteiger charge is 2.18. The minimum absolute atomic E-state index is 0.226. The Labute approximate surface area is 146 Å². The van der Waals surface area contributed by atoms with Crippen molar-refractivity contribution in [1.82, 2.24) is 14.6 Å². The van der Waals surface area contributed by atoms with E-state index >= 15 is 0 Å². The third kappa shape index (κ3) is 3.05. The molecule has 3 aromatic rings. The Morgan fingerprint density at radius 3 is 2.52 bits per heavy atom. The molecule has 4 rings (SSSR count). The number of fused-ring (bicyclic) bond motifs is 1. The molecular formula is C17H19N5O2S. The summed E-state index contributed by atoms with van der Waals surface area (Å²) in [6.07, 6.45) is 3.93. The van der Waals surface area contributed by atoms with Gasteiger partial charge in [-0.3, -0.25) is 4.72 Å². The largest absolute Gasteiger partial charge is 0.372 e. The first-order chi connectivity index (χ1) is 12.0. The lowest BCUT2D eigenvalue weighted by atomic mass is 10.3. The maximum absolute atomic E-state index is 12.7. The molecule has 0 spiro atoms. The molecule has 0 radical (unpaired) electrons. The topological polar surface area (TPSA) is 79.6 Å². The van der Waals surface area contributed by atoms with Crippen molar-refractivity contribution in [2.75, 3.05) is 22.7 Å². The van der Waals surface area contributed by atoms with E-state index in [1.54, 1.807) is 30.5 Å². The molecular weight excluding hydrogens is 338 g/mol. The number of rotatable bonds is 4. The normalized spacial score (nSPS) is 15.0. The predicted octanol–water partition coefficient (Wildman–Crippen LogP) is 2.44. The highest BCUT2D eigenvalue weighted by molar-refractivity contribution is 7.92. The maximum Gasteiger partial charge on any atom is 0.263 e. The van der Waals surface area contributed by atoms with Crippen LogP contribution in [-0.2, 0) is 10.0 Å². The SMILES string of the molecule is Cc1cc2nccc(NS(=O)(=O)c3ccc(N4CCCC4)cc3)n2n1. The second-order valence-electron chi connectivity index (χ2n) is 6.18. The van der Waals surface area contributed by atoms with Gasteiger partial charge in [-0.15, -0.1) is 0 Å². The molecule has 2 aromatic heterocycles. The number of aryl methyl sites for hydroxylation is 1. The Kier molecular flexibility index (Phi) is 3.84. The lowest BCUT2D eigenvalue weighted by Gasteiger charge is -2.17. The Morgan fingerprint density at radius 2 is 1.80 bits per heavy atom. The molecule has 1 aliphatic heterocycles. The fourth-order valence-electron chi connectivity index (χ4n) is 3.10. The van der Waals surface area contributed by atoms with Crippen LogP contribution in [0, 0.1) is 6.92 Å². The summed E-state index contributed by atoms with van der Waals surface area (Å²) in [5, 5.41) is 4.28. The number of nitrogens with zero attached hydrogens (tertiary/aromatic N) is 4. The lowest BCUT2D eigenvalue weighted by Crippen LogP contribution is -2.18. The molecule has 1 fully saturated rings. The van der Waals surface area contributed by atoms with Gasteiger partial charge in [0.2, 0.25) is 0 Å². The smallest absolute Gasteiger partial charge is 0.263 e. The quantitative estimate of drug-likeness (QED) is 0.776. The summed E-state index contributed by atoms with van der Waals surface area (Å²) in [6, 6.07) is 10.4. The molecule has 130 valence electrons. The van der Waals surface area contributed by atoms with Gasteiger partial charge in [0, 0.05) is 31.0 Å². The fraction of sp³-hybridized carbons (Fsp3) is 0.294. The summed E-state index contributed by atoms with van der Waals surface area (Å²) in [5.74, 6) is 0.363. The summed E-state index contributed by atoms with van der Waals surface area (Å²) in [6.45, 7) is 3.89. The van der Waals surface area contributed by atoms with Crippen LogP contribution in [0.15, 0.2) is 47.5 Å². The molecule has 8 heteroatoms. The van der Waals surface area contributed by atoms with E-state index in [0.717, 1.165) is 24.5 Å². The summed E-state index contributed by atoms with van der Waals surface area (Å²) in [5.41, 5.74) is 2.43. The monoisotopic (exact) mass is 357 g/mol. The zero-order chi connectivity index (χ0) is 17.4. The Bertz CT molecular complexity index is 1010. The molecule has 1 aromatic carbocycles. The van der Waals surface area contributed by atoms with Gasteiger partial charge < -0.3 is 4.90 Å². The fourth-order valence-corrected chi connectivity index (χ4v) is 4.14. The van der Waals surface area contributed by atoms with Gasteiger partial charge in [0.1, 0.15) is 5.82 Å². The van der Waals surface area contributed by atoms with E-state index in [1.807, 2.05) is 19.1 Å². The maximum atomic E-state index is 12.7. The molecule has 1 saturated heterocycles. The van der Waals surface area contributed by atoms with E-state index in [0.29, 0.717) is 11.5 Å². The number of nitrogens with one attached hydrogen (secondary N) is 1. The van der Waals surface area contributed by atoms with Crippen LogP contribution in [0.1, 0.15) is 18.5 Å². The van der Waals surface area contributed by atoms with Crippen LogP contribution < -0.4 is 9.62 Å². The molecule has 0 aliphatic carbocycles. The Balaban J connectivity index is 1.62. The number of hydrogen-bond acceptors (Lipinski definition) is 5. The van der Waals surface area contributed by atoms with Crippen molar-refractivity contribution >= 4 is 27.2 Å². The van der Waals surface area contributed by atoms with Crippen molar-refractivity contribution in [3.8, 4) is 0 Å².